The van der Waals surface area contributed by atoms with Crippen molar-refractivity contribution in [3.05, 3.63) is 29.3 Å². The summed E-state index contributed by atoms with van der Waals surface area (Å²) in [6, 6.07) is 5.62. The fourth-order valence-electron chi connectivity index (χ4n) is 2.72. The van der Waals surface area contributed by atoms with Crippen LogP contribution in [-0.2, 0) is 6.18 Å². The van der Waals surface area contributed by atoms with Crippen molar-refractivity contribution in [2.45, 2.75) is 25.6 Å². The monoisotopic (exact) mass is 283 g/mol. The zero-order valence-electron chi connectivity index (χ0n) is 11.1. The first-order chi connectivity index (χ1) is 9.36. The molecule has 0 saturated carbocycles. The lowest BCUT2D eigenvalue weighted by Gasteiger charge is -2.25. The number of nitriles is 1. The molecule has 1 saturated heterocycles. The number of hydrogen-bond acceptors (Lipinski definition) is 3. The molecule has 2 N–H and O–H groups in total. The van der Waals surface area contributed by atoms with E-state index in [4.69, 9.17) is 11.0 Å². The number of alkyl halides is 3. The van der Waals surface area contributed by atoms with Crippen LogP contribution < -0.4 is 10.6 Å². The van der Waals surface area contributed by atoms with Crippen LogP contribution in [0.25, 0.3) is 0 Å². The van der Waals surface area contributed by atoms with Crippen molar-refractivity contribution in [3.8, 4) is 6.07 Å². The fraction of sp³-hybridized carbons (Fsp3) is 0.500. The van der Waals surface area contributed by atoms with Crippen molar-refractivity contribution in [3.63, 3.8) is 0 Å². The van der Waals surface area contributed by atoms with Gasteiger partial charge < -0.3 is 10.6 Å². The predicted octanol–water partition coefficient (Wildman–Crippen LogP) is 2.75. The van der Waals surface area contributed by atoms with E-state index in [9.17, 15) is 13.2 Å². The van der Waals surface area contributed by atoms with Crippen molar-refractivity contribution < 1.29 is 13.2 Å². The van der Waals surface area contributed by atoms with E-state index >= 15 is 0 Å². The van der Waals surface area contributed by atoms with Crippen LogP contribution in [0.2, 0.25) is 0 Å². The maximum absolute atomic E-state index is 13.0. The quantitative estimate of drug-likeness (QED) is 0.908. The molecule has 0 aromatic heterocycles. The summed E-state index contributed by atoms with van der Waals surface area (Å²) >= 11 is 0. The van der Waals surface area contributed by atoms with Gasteiger partial charge in [0.2, 0.25) is 0 Å². The summed E-state index contributed by atoms with van der Waals surface area (Å²) in [5.41, 5.74) is 4.91. The fourth-order valence-corrected chi connectivity index (χ4v) is 2.72. The number of anilines is 1. The minimum absolute atomic E-state index is 0.151. The van der Waals surface area contributed by atoms with E-state index in [1.807, 2.05) is 11.8 Å². The van der Waals surface area contributed by atoms with Crippen molar-refractivity contribution >= 4 is 5.69 Å². The molecule has 6 heteroatoms. The van der Waals surface area contributed by atoms with E-state index in [-0.39, 0.29) is 11.6 Å². The van der Waals surface area contributed by atoms with Crippen LogP contribution in [0, 0.1) is 17.2 Å². The smallest absolute Gasteiger partial charge is 0.368 e. The highest BCUT2D eigenvalue weighted by molar-refractivity contribution is 5.56. The first kappa shape index (κ1) is 14.7. The van der Waals surface area contributed by atoms with E-state index in [1.54, 1.807) is 12.1 Å². The molecule has 0 spiro atoms. The molecule has 1 fully saturated rings. The molecule has 1 aliphatic heterocycles. The van der Waals surface area contributed by atoms with Gasteiger partial charge in [0.15, 0.2) is 0 Å². The van der Waals surface area contributed by atoms with Gasteiger partial charge in [0, 0.05) is 18.3 Å². The van der Waals surface area contributed by atoms with Crippen LogP contribution >= 0.6 is 0 Å². The van der Waals surface area contributed by atoms with Gasteiger partial charge in [-0.3, -0.25) is 0 Å². The Labute approximate surface area is 115 Å². The predicted molar refractivity (Wildman–Crippen MR) is 70.1 cm³/mol. The minimum atomic E-state index is -4.52. The van der Waals surface area contributed by atoms with Gasteiger partial charge in [-0.2, -0.15) is 18.4 Å². The van der Waals surface area contributed by atoms with Crippen LogP contribution in [0.3, 0.4) is 0 Å². The molecular weight excluding hydrogens is 267 g/mol. The van der Waals surface area contributed by atoms with Gasteiger partial charge in [-0.15, -0.1) is 0 Å². The first-order valence-electron chi connectivity index (χ1n) is 6.45. The van der Waals surface area contributed by atoms with Crippen LogP contribution in [0.1, 0.15) is 24.5 Å². The summed E-state index contributed by atoms with van der Waals surface area (Å²) in [4.78, 5) is 1.92. The molecule has 0 radical (unpaired) electrons. The van der Waals surface area contributed by atoms with Crippen molar-refractivity contribution in [1.29, 1.82) is 5.26 Å². The molecular formula is C14H16F3N3. The number of halogens is 3. The lowest BCUT2D eigenvalue weighted by molar-refractivity contribution is -0.137. The highest BCUT2D eigenvalue weighted by atomic mass is 19.4. The maximum atomic E-state index is 13.0. The van der Waals surface area contributed by atoms with Crippen molar-refractivity contribution in [2.24, 2.45) is 11.7 Å². The third kappa shape index (κ3) is 2.73. The molecule has 108 valence electrons. The standard InChI is InChI=1S/C14H16F3N3/c1-9-4-10(6-18)8-20(9)12-3-2-11(7-19)13(5-12)14(15,16)17/h2-3,5,9-10H,4,6,8,18H2,1H3. The third-order valence-corrected chi connectivity index (χ3v) is 3.76. The van der Waals surface area contributed by atoms with Gasteiger partial charge in [0.1, 0.15) is 0 Å². The van der Waals surface area contributed by atoms with Gasteiger partial charge in [0.05, 0.1) is 17.2 Å². The topological polar surface area (TPSA) is 53.0 Å². The summed E-state index contributed by atoms with van der Waals surface area (Å²) < 4.78 is 38.9. The van der Waals surface area contributed by atoms with E-state index in [0.29, 0.717) is 24.7 Å². The van der Waals surface area contributed by atoms with Gasteiger partial charge in [-0.1, -0.05) is 0 Å². The SMILES string of the molecule is CC1CC(CN)CN1c1ccc(C#N)c(C(F)(F)F)c1. The molecule has 0 amide bonds. The number of benzene rings is 1. The minimum Gasteiger partial charge on any atom is -0.368 e. The average Bonchev–Trinajstić information content (AvgIpc) is 2.78. The molecule has 0 bridgehead atoms. The highest BCUT2D eigenvalue weighted by Crippen LogP contribution is 2.36. The Balaban J connectivity index is 2.38. The van der Waals surface area contributed by atoms with Crippen LogP contribution in [0.4, 0.5) is 18.9 Å². The van der Waals surface area contributed by atoms with Gasteiger partial charge in [0.25, 0.3) is 0 Å². The Morgan fingerprint density at radius 3 is 2.65 bits per heavy atom. The Hall–Kier alpha value is -1.74. The molecule has 1 heterocycles. The summed E-state index contributed by atoms with van der Waals surface area (Å²) in [7, 11) is 0. The second kappa shape index (κ2) is 5.33. The van der Waals surface area contributed by atoms with Gasteiger partial charge in [-0.25, -0.2) is 0 Å². The lowest BCUT2D eigenvalue weighted by atomic mass is 10.1. The molecule has 0 aliphatic carbocycles. The summed E-state index contributed by atoms with van der Waals surface area (Å²) in [5.74, 6) is 0.301. The molecule has 2 atom stereocenters. The Kier molecular flexibility index (Phi) is 3.91. The lowest BCUT2D eigenvalue weighted by Crippen LogP contribution is -2.28. The van der Waals surface area contributed by atoms with Crippen LogP contribution in [-0.4, -0.2) is 19.1 Å². The zero-order valence-corrected chi connectivity index (χ0v) is 11.1. The largest absolute Gasteiger partial charge is 0.417 e. The first-order valence-corrected chi connectivity index (χ1v) is 6.45. The molecule has 2 rings (SSSR count). The summed E-state index contributed by atoms with van der Waals surface area (Å²) in [6.07, 6.45) is -3.64. The molecule has 2 unspecified atom stereocenters. The zero-order chi connectivity index (χ0) is 14.9. The molecule has 1 aliphatic rings. The maximum Gasteiger partial charge on any atom is 0.417 e. The number of nitrogens with zero attached hydrogens (tertiary/aromatic N) is 2. The number of hydrogen-bond donors (Lipinski definition) is 1. The second-order valence-corrected chi connectivity index (χ2v) is 5.18. The highest BCUT2D eigenvalue weighted by Gasteiger charge is 2.35. The second-order valence-electron chi connectivity index (χ2n) is 5.18. The number of nitrogens with two attached hydrogens (primary N) is 1. The molecule has 3 nitrogen and oxygen atoms in total. The van der Waals surface area contributed by atoms with Crippen molar-refractivity contribution in [1.82, 2.24) is 0 Å². The van der Waals surface area contributed by atoms with Crippen molar-refractivity contribution in [2.75, 3.05) is 18.0 Å². The summed E-state index contributed by atoms with van der Waals surface area (Å²) in [5, 5.41) is 8.79. The van der Waals surface area contributed by atoms with Gasteiger partial charge in [-0.05, 0) is 44.0 Å². The van der Waals surface area contributed by atoms with E-state index < -0.39 is 11.7 Å². The molecule has 1 aromatic carbocycles. The van der Waals surface area contributed by atoms with Crippen LogP contribution in [0.15, 0.2) is 18.2 Å². The Morgan fingerprint density at radius 2 is 2.15 bits per heavy atom. The average molecular weight is 283 g/mol. The molecule has 20 heavy (non-hydrogen) atoms. The summed E-state index contributed by atoms with van der Waals surface area (Å²) in [6.45, 7) is 3.16. The van der Waals surface area contributed by atoms with E-state index in [2.05, 4.69) is 0 Å². The van der Waals surface area contributed by atoms with Gasteiger partial charge >= 0.3 is 6.18 Å². The van der Waals surface area contributed by atoms with E-state index in [1.165, 1.54) is 6.07 Å². The molecule has 1 aromatic rings. The number of rotatable bonds is 2. The van der Waals surface area contributed by atoms with Crippen LogP contribution in [0.5, 0.6) is 0 Å². The van der Waals surface area contributed by atoms with E-state index in [0.717, 1.165) is 12.5 Å². The Bertz CT molecular complexity index is 533. The normalized spacial score (nSPS) is 22.9. The third-order valence-electron chi connectivity index (χ3n) is 3.76. The Morgan fingerprint density at radius 1 is 1.45 bits per heavy atom.